The molecule has 1 heterocycles. The number of alkyl halides is 3. The Balaban J connectivity index is 1.77. The van der Waals surface area contributed by atoms with Crippen LogP contribution in [0.4, 0.5) is 19.0 Å². The van der Waals surface area contributed by atoms with E-state index in [-0.39, 0.29) is 5.56 Å². The van der Waals surface area contributed by atoms with E-state index in [2.05, 4.69) is 26.3 Å². The SMILES string of the molecule is O=C(Nc1ccnn1Cc1ccc(Br)cc1)c1cccc(C(F)(F)F)c1. The van der Waals surface area contributed by atoms with E-state index in [1.165, 1.54) is 18.3 Å². The molecule has 0 aliphatic heterocycles. The number of hydrogen-bond acceptors (Lipinski definition) is 2. The van der Waals surface area contributed by atoms with Crippen molar-refractivity contribution in [2.45, 2.75) is 12.7 Å². The molecule has 0 bridgehead atoms. The summed E-state index contributed by atoms with van der Waals surface area (Å²) in [6.45, 7) is 0.415. The second-order valence-corrected chi connectivity index (χ2v) is 6.45. The maximum absolute atomic E-state index is 12.8. The molecule has 0 atom stereocenters. The van der Waals surface area contributed by atoms with Crippen LogP contribution in [0.1, 0.15) is 21.5 Å². The van der Waals surface area contributed by atoms with Gasteiger partial charge in [-0.3, -0.25) is 4.79 Å². The lowest BCUT2D eigenvalue weighted by Gasteiger charge is -2.11. The molecule has 8 heteroatoms. The largest absolute Gasteiger partial charge is 0.416 e. The second kappa shape index (κ2) is 7.33. The minimum atomic E-state index is -4.50. The molecule has 0 spiro atoms. The number of anilines is 1. The predicted octanol–water partition coefficient (Wildman–Crippen LogP) is 4.97. The third kappa shape index (κ3) is 4.32. The number of benzene rings is 2. The van der Waals surface area contributed by atoms with E-state index in [9.17, 15) is 18.0 Å². The van der Waals surface area contributed by atoms with Crippen molar-refractivity contribution < 1.29 is 18.0 Å². The summed E-state index contributed by atoms with van der Waals surface area (Å²) in [5, 5.41) is 6.75. The van der Waals surface area contributed by atoms with Crippen LogP contribution in [-0.4, -0.2) is 15.7 Å². The number of nitrogens with one attached hydrogen (secondary N) is 1. The zero-order valence-electron chi connectivity index (χ0n) is 13.3. The van der Waals surface area contributed by atoms with E-state index in [1.54, 1.807) is 10.7 Å². The fourth-order valence-corrected chi connectivity index (χ4v) is 2.62. The average Bonchev–Trinajstić information content (AvgIpc) is 3.03. The monoisotopic (exact) mass is 423 g/mol. The van der Waals surface area contributed by atoms with Crippen LogP contribution in [0.3, 0.4) is 0 Å². The van der Waals surface area contributed by atoms with E-state index in [0.29, 0.717) is 12.4 Å². The van der Waals surface area contributed by atoms with Crippen LogP contribution < -0.4 is 5.32 Å². The van der Waals surface area contributed by atoms with Crippen molar-refractivity contribution in [1.29, 1.82) is 0 Å². The molecule has 1 amide bonds. The number of rotatable bonds is 4. The van der Waals surface area contributed by atoms with Crippen LogP contribution >= 0.6 is 15.9 Å². The lowest BCUT2D eigenvalue weighted by atomic mass is 10.1. The van der Waals surface area contributed by atoms with Gasteiger partial charge in [-0.1, -0.05) is 34.1 Å². The van der Waals surface area contributed by atoms with Crippen molar-refractivity contribution in [2.75, 3.05) is 5.32 Å². The number of nitrogens with zero attached hydrogens (tertiary/aromatic N) is 2. The van der Waals surface area contributed by atoms with E-state index in [0.717, 1.165) is 22.2 Å². The first-order valence-corrected chi connectivity index (χ1v) is 8.37. The third-order valence-electron chi connectivity index (χ3n) is 3.66. The lowest BCUT2D eigenvalue weighted by Crippen LogP contribution is -2.17. The molecule has 0 unspecified atom stereocenters. The van der Waals surface area contributed by atoms with Crippen molar-refractivity contribution in [3.8, 4) is 0 Å². The average molecular weight is 424 g/mol. The standard InChI is InChI=1S/C18H13BrF3N3O/c19-15-6-4-12(5-7-15)11-25-16(8-9-23-25)24-17(26)13-2-1-3-14(10-13)18(20,21)22/h1-10H,11H2,(H,24,26). The van der Waals surface area contributed by atoms with Crippen LogP contribution in [0.5, 0.6) is 0 Å². The summed E-state index contributed by atoms with van der Waals surface area (Å²) >= 11 is 3.36. The van der Waals surface area contributed by atoms with Crippen LogP contribution in [0.15, 0.2) is 65.3 Å². The number of amides is 1. The molecule has 0 saturated heterocycles. The normalized spacial score (nSPS) is 11.4. The minimum Gasteiger partial charge on any atom is -0.307 e. The Bertz CT molecular complexity index is 920. The number of carbonyl (C=O) groups is 1. The Kier molecular flexibility index (Phi) is 5.13. The van der Waals surface area contributed by atoms with E-state index in [4.69, 9.17) is 0 Å². The summed E-state index contributed by atoms with van der Waals surface area (Å²) in [5.74, 6) is -0.232. The molecular formula is C18H13BrF3N3O. The van der Waals surface area contributed by atoms with Crippen molar-refractivity contribution in [3.05, 3.63) is 82.0 Å². The van der Waals surface area contributed by atoms with Gasteiger partial charge in [-0.2, -0.15) is 18.3 Å². The van der Waals surface area contributed by atoms with Gasteiger partial charge in [0.2, 0.25) is 0 Å². The van der Waals surface area contributed by atoms with Crippen LogP contribution in [0, 0.1) is 0 Å². The van der Waals surface area contributed by atoms with Crippen molar-refractivity contribution in [1.82, 2.24) is 9.78 Å². The molecule has 0 aliphatic rings. The van der Waals surface area contributed by atoms with E-state index in [1.807, 2.05) is 24.3 Å². The maximum Gasteiger partial charge on any atom is 0.416 e. The van der Waals surface area contributed by atoms with Gasteiger partial charge in [0.25, 0.3) is 5.91 Å². The fraction of sp³-hybridized carbons (Fsp3) is 0.111. The first-order chi connectivity index (χ1) is 12.3. The highest BCUT2D eigenvalue weighted by atomic mass is 79.9. The second-order valence-electron chi connectivity index (χ2n) is 5.53. The van der Waals surface area contributed by atoms with Gasteiger partial charge in [-0.25, -0.2) is 4.68 Å². The van der Waals surface area contributed by atoms with E-state index >= 15 is 0 Å². The highest BCUT2D eigenvalue weighted by molar-refractivity contribution is 9.10. The zero-order chi connectivity index (χ0) is 18.7. The smallest absolute Gasteiger partial charge is 0.307 e. The molecule has 0 aliphatic carbocycles. The number of hydrogen-bond donors (Lipinski definition) is 1. The molecule has 1 N–H and O–H groups in total. The fourth-order valence-electron chi connectivity index (χ4n) is 2.35. The summed E-state index contributed by atoms with van der Waals surface area (Å²) < 4.78 is 40.9. The van der Waals surface area contributed by atoms with Gasteiger partial charge in [0, 0.05) is 16.1 Å². The summed E-state index contributed by atoms with van der Waals surface area (Å²) in [6, 6.07) is 13.5. The van der Waals surface area contributed by atoms with Crippen LogP contribution in [0.2, 0.25) is 0 Å². The van der Waals surface area contributed by atoms with Gasteiger partial charge < -0.3 is 5.32 Å². The molecule has 0 saturated carbocycles. The number of carbonyl (C=O) groups excluding carboxylic acids is 1. The van der Waals surface area contributed by atoms with Crippen LogP contribution in [0.25, 0.3) is 0 Å². The summed E-state index contributed by atoms with van der Waals surface area (Å²) in [5.41, 5.74) is 0.0243. The summed E-state index contributed by atoms with van der Waals surface area (Å²) in [4.78, 5) is 12.3. The topological polar surface area (TPSA) is 46.9 Å². The van der Waals surface area contributed by atoms with Gasteiger partial charge in [-0.05, 0) is 35.9 Å². The molecule has 1 aromatic heterocycles. The highest BCUT2D eigenvalue weighted by Gasteiger charge is 2.30. The van der Waals surface area contributed by atoms with Crippen LogP contribution in [-0.2, 0) is 12.7 Å². The first kappa shape index (κ1) is 18.2. The quantitative estimate of drug-likeness (QED) is 0.644. The summed E-state index contributed by atoms with van der Waals surface area (Å²) in [6.07, 6.45) is -2.99. The third-order valence-corrected chi connectivity index (χ3v) is 4.18. The Morgan fingerprint density at radius 3 is 2.54 bits per heavy atom. The zero-order valence-corrected chi connectivity index (χ0v) is 14.9. The van der Waals surface area contributed by atoms with Crippen molar-refractivity contribution >= 4 is 27.7 Å². The molecule has 3 aromatic rings. The van der Waals surface area contributed by atoms with Gasteiger partial charge >= 0.3 is 6.18 Å². The Labute approximate surface area is 155 Å². The molecular weight excluding hydrogens is 411 g/mol. The van der Waals surface area contributed by atoms with Gasteiger partial charge in [0.05, 0.1) is 18.3 Å². The Morgan fingerprint density at radius 2 is 1.85 bits per heavy atom. The maximum atomic E-state index is 12.8. The molecule has 4 nitrogen and oxygen atoms in total. The molecule has 26 heavy (non-hydrogen) atoms. The molecule has 0 radical (unpaired) electrons. The Morgan fingerprint density at radius 1 is 1.12 bits per heavy atom. The summed E-state index contributed by atoms with van der Waals surface area (Å²) in [7, 11) is 0. The molecule has 134 valence electrons. The highest BCUT2D eigenvalue weighted by Crippen LogP contribution is 2.29. The number of halogens is 4. The number of aromatic nitrogens is 2. The van der Waals surface area contributed by atoms with Gasteiger partial charge in [-0.15, -0.1) is 0 Å². The van der Waals surface area contributed by atoms with Crippen molar-refractivity contribution in [3.63, 3.8) is 0 Å². The Hall–Kier alpha value is -2.61. The lowest BCUT2D eigenvalue weighted by molar-refractivity contribution is -0.137. The predicted molar refractivity (Wildman–Crippen MR) is 94.9 cm³/mol. The molecule has 2 aromatic carbocycles. The molecule has 3 rings (SSSR count). The molecule has 0 fully saturated rings. The van der Waals surface area contributed by atoms with Crippen molar-refractivity contribution in [2.24, 2.45) is 0 Å². The van der Waals surface area contributed by atoms with E-state index < -0.39 is 17.6 Å². The van der Waals surface area contributed by atoms with Gasteiger partial charge in [0.1, 0.15) is 5.82 Å². The van der Waals surface area contributed by atoms with Gasteiger partial charge in [0.15, 0.2) is 0 Å². The minimum absolute atomic E-state index is 0.0729. The first-order valence-electron chi connectivity index (χ1n) is 7.58.